The van der Waals surface area contributed by atoms with Gasteiger partial charge in [-0.25, -0.2) is 0 Å². The Kier molecular flexibility index (Phi) is 3.25. The molecule has 0 aromatic heterocycles. The highest BCUT2D eigenvalue weighted by atomic mass is 127. The minimum atomic E-state index is 0.175. The van der Waals surface area contributed by atoms with Gasteiger partial charge in [-0.3, -0.25) is 4.79 Å². The van der Waals surface area contributed by atoms with E-state index in [0.29, 0.717) is 6.42 Å². The molecule has 15 heavy (non-hydrogen) atoms. The average Bonchev–Trinajstić information content (AvgIpc) is 2.50. The number of hydrogen-bond acceptors (Lipinski definition) is 2. The summed E-state index contributed by atoms with van der Waals surface area (Å²) in [6, 6.07) is 6.17. The Morgan fingerprint density at radius 1 is 1.53 bits per heavy atom. The Morgan fingerprint density at radius 2 is 2.27 bits per heavy atom. The molecule has 0 N–H and O–H groups in total. The fraction of sp³-hybridized carbons (Fsp3) is 0.364. The number of rotatable bonds is 1. The van der Waals surface area contributed by atoms with E-state index < -0.39 is 0 Å². The molecule has 1 aromatic rings. The molecule has 1 atom stereocenters. The summed E-state index contributed by atoms with van der Waals surface area (Å²) in [7, 11) is 0. The molecule has 1 fully saturated rings. The van der Waals surface area contributed by atoms with Gasteiger partial charge in [-0.15, -0.1) is 0 Å². The number of carbonyl (C=O) groups is 1. The van der Waals surface area contributed by atoms with Crippen molar-refractivity contribution in [1.82, 2.24) is 0 Å². The standard InChI is InChI=1S/C11H12INOS/c1-7-2-3-9(12)10(4-7)13-6-8(15)5-11(13)14/h2-4,8,15H,5-6H2,1H3. The number of hydrogen-bond donors (Lipinski definition) is 1. The van der Waals surface area contributed by atoms with Crippen molar-refractivity contribution in [2.24, 2.45) is 0 Å². The third-order valence-corrected chi connectivity index (χ3v) is 3.76. The number of benzene rings is 1. The van der Waals surface area contributed by atoms with Gasteiger partial charge in [0.2, 0.25) is 5.91 Å². The number of nitrogens with zero attached hydrogens (tertiary/aromatic N) is 1. The quantitative estimate of drug-likeness (QED) is 0.619. The predicted molar refractivity (Wildman–Crippen MR) is 73.6 cm³/mol. The van der Waals surface area contributed by atoms with Gasteiger partial charge in [0.15, 0.2) is 0 Å². The lowest BCUT2D eigenvalue weighted by Crippen LogP contribution is -2.25. The Labute approximate surface area is 109 Å². The first-order valence-electron chi connectivity index (χ1n) is 4.82. The highest BCUT2D eigenvalue weighted by Gasteiger charge is 2.29. The topological polar surface area (TPSA) is 20.3 Å². The molecule has 1 unspecified atom stereocenters. The molecule has 1 aliphatic heterocycles. The minimum absolute atomic E-state index is 0.175. The SMILES string of the molecule is Cc1ccc(I)c(N2CC(S)CC2=O)c1. The summed E-state index contributed by atoms with van der Waals surface area (Å²) >= 11 is 6.62. The molecule has 1 amide bonds. The molecular formula is C11H12INOS. The van der Waals surface area contributed by atoms with Crippen molar-refractivity contribution in [3.8, 4) is 0 Å². The summed E-state index contributed by atoms with van der Waals surface area (Å²) in [6.07, 6.45) is 0.549. The van der Waals surface area contributed by atoms with E-state index in [1.54, 1.807) is 0 Å². The summed E-state index contributed by atoms with van der Waals surface area (Å²) in [5.41, 5.74) is 2.21. The maximum atomic E-state index is 11.7. The van der Waals surface area contributed by atoms with Crippen molar-refractivity contribution in [1.29, 1.82) is 0 Å². The number of aryl methyl sites for hydroxylation is 1. The zero-order valence-corrected chi connectivity index (χ0v) is 11.5. The summed E-state index contributed by atoms with van der Waals surface area (Å²) in [6.45, 7) is 2.76. The molecular weight excluding hydrogens is 321 g/mol. The van der Waals surface area contributed by atoms with E-state index in [4.69, 9.17) is 0 Å². The lowest BCUT2D eigenvalue weighted by molar-refractivity contribution is -0.117. The summed E-state index contributed by atoms with van der Waals surface area (Å²) in [5.74, 6) is 0.179. The van der Waals surface area contributed by atoms with Gasteiger partial charge in [0.05, 0.1) is 5.69 Å². The number of thiol groups is 1. The van der Waals surface area contributed by atoms with Crippen LogP contribution in [0.5, 0.6) is 0 Å². The molecule has 1 saturated heterocycles. The van der Waals surface area contributed by atoms with E-state index in [-0.39, 0.29) is 11.2 Å². The van der Waals surface area contributed by atoms with Crippen LogP contribution in [0, 0.1) is 10.5 Å². The zero-order chi connectivity index (χ0) is 11.0. The van der Waals surface area contributed by atoms with E-state index in [1.807, 2.05) is 17.9 Å². The van der Waals surface area contributed by atoms with Crippen LogP contribution in [0.15, 0.2) is 18.2 Å². The van der Waals surface area contributed by atoms with Gasteiger partial charge < -0.3 is 4.90 Å². The monoisotopic (exact) mass is 333 g/mol. The summed E-state index contributed by atoms with van der Waals surface area (Å²) in [5, 5.41) is 0.175. The average molecular weight is 333 g/mol. The van der Waals surface area contributed by atoms with Crippen molar-refractivity contribution >= 4 is 46.8 Å². The number of carbonyl (C=O) groups excluding carboxylic acids is 1. The lowest BCUT2D eigenvalue weighted by atomic mass is 10.2. The first-order chi connectivity index (χ1) is 7.08. The normalized spacial score (nSPS) is 21.1. The molecule has 0 aliphatic carbocycles. The summed E-state index contributed by atoms with van der Waals surface area (Å²) in [4.78, 5) is 13.6. The van der Waals surface area contributed by atoms with E-state index in [9.17, 15) is 4.79 Å². The van der Waals surface area contributed by atoms with Crippen LogP contribution in [0.1, 0.15) is 12.0 Å². The first kappa shape index (κ1) is 11.3. The second kappa shape index (κ2) is 4.33. The lowest BCUT2D eigenvalue weighted by Gasteiger charge is -2.18. The van der Waals surface area contributed by atoms with E-state index >= 15 is 0 Å². The Balaban J connectivity index is 2.37. The molecule has 1 aliphatic rings. The van der Waals surface area contributed by atoms with E-state index in [0.717, 1.165) is 15.8 Å². The van der Waals surface area contributed by atoms with Gasteiger partial charge in [-0.1, -0.05) is 6.07 Å². The number of amides is 1. The van der Waals surface area contributed by atoms with Crippen molar-refractivity contribution in [3.63, 3.8) is 0 Å². The van der Waals surface area contributed by atoms with Crippen molar-refractivity contribution in [2.45, 2.75) is 18.6 Å². The fourth-order valence-corrected chi connectivity index (χ4v) is 2.70. The second-order valence-electron chi connectivity index (χ2n) is 3.82. The molecule has 0 spiro atoms. The third kappa shape index (κ3) is 2.30. The van der Waals surface area contributed by atoms with Gasteiger partial charge in [0.1, 0.15) is 0 Å². The van der Waals surface area contributed by atoms with Crippen LogP contribution >= 0.6 is 35.2 Å². The molecule has 4 heteroatoms. The molecule has 0 radical (unpaired) electrons. The Hall–Kier alpha value is -0.230. The molecule has 1 heterocycles. The van der Waals surface area contributed by atoms with Gasteiger partial charge in [0, 0.05) is 21.8 Å². The molecule has 2 rings (SSSR count). The van der Waals surface area contributed by atoms with Crippen LogP contribution in [-0.2, 0) is 4.79 Å². The van der Waals surface area contributed by atoms with Crippen LogP contribution in [0.2, 0.25) is 0 Å². The zero-order valence-electron chi connectivity index (χ0n) is 8.40. The largest absolute Gasteiger partial charge is 0.310 e. The predicted octanol–water partition coefficient (Wildman–Crippen LogP) is 2.63. The molecule has 80 valence electrons. The maximum Gasteiger partial charge on any atom is 0.228 e. The highest BCUT2D eigenvalue weighted by molar-refractivity contribution is 14.1. The maximum absolute atomic E-state index is 11.7. The molecule has 0 bridgehead atoms. The smallest absolute Gasteiger partial charge is 0.228 e. The Morgan fingerprint density at radius 3 is 2.87 bits per heavy atom. The minimum Gasteiger partial charge on any atom is -0.310 e. The van der Waals surface area contributed by atoms with Crippen LogP contribution in [-0.4, -0.2) is 17.7 Å². The van der Waals surface area contributed by atoms with Gasteiger partial charge in [-0.05, 0) is 47.2 Å². The van der Waals surface area contributed by atoms with Crippen LogP contribution in [0.25, 0.3) is 0 Å². The fourth-order valence-electron chi connectivity index (χ4n) is 1.75. The van der Waals surface area contributed by atoms with Crippen LogP contribution in [0.4, 0.5) is 5.69 Å². The molecule has 2 nitrogen and oxygen atoms in total. The Bertz CT molecular complexity index is 408. The van der Waals surface area contributed by atoms with Gasteiger partial charge in [0.25, 0.3) is 0 Å². The van der Waals surface area contributed by atoms with Crippen molar-refractivity contribution < 1.29 is 4.79 Å². The highest BCUT2D eigenvalue weighted by Crippen LogP contribution is 2.29. The van der Waals surface area contributed by atoms with Gasteiger partial charge >= 0.3 is 0 Å². The van der Waals surface area contributed by atoms with E-state index in [2.05, 4.69) is 47.4 Å². The first-order valence-corrected chi connectivity index (χ1v) is 6.42. The number of halogens is 1. The van der Waals surface area contributed by atoms with Crippen LogP contribution < -0.4 is 4.90 Å². The third-order valence-electron chi connectivity index (χ3n) is 2.50. The van der Waals surface area contributed by atoms with E-state index in [1.165, 1.54) is 5.56 Å². The molecule has 1 aromatic carbocycles. The van der Waals surface area contributed by atoms with Crippen LogP contribution in [0.3, 0.4) is 0 Å². The second-order valence-corrected chi connectivity index (χ2v) is 5.71. The molecule has 0 saturated carbocycles. The van der Waals surface area contributed by atoms with Crippen molar-refractivity contribution in [2.75, 3.05) is 11.4 Å². The number of anilines is 1. The van der Waals surface area contributed by atoms with Crippen molar-refractivity contribution in [3.05, 3.63) is 27.3 Å². The van der Waals surface area contributed by atoms with Gasteiger partial charge in [-0.2, -0.15) is 12.6 Å². The summed E-state index contributed by atoms with van der Waals surface area (Å²) < 4.78 is 1.12.